The van der Waals surface area contributed by atoms with Gasteiger partial charge in [-0.3, -0.25) is 14.6 Å². The van der Waals surface area contributed by atoms with E-state index in [4.69, 9.17) is 0 Å². The van der Waals surface area contributed by atoms with Gasteiger partial charge in [0.2, 0.25) is 0 Å². The van der Waals surface area contributed by atoms with Crippen molar-refractivity contribution in [3.05, 3.63) is 75.3 Å². The molecule has 5 rings (SSSR count). The van der Waals surface area contributed by atoms with E-state index in [0.717, 1.165) is 40.4 Å². The lowest BCUT2D eigenvalue weighted by Gasteiger charge is -2.18. The Balaban J connectivity index is 1.98. The molecule has 1 aliphatic carbocycles. The average molecular weight is 384 g/mol. The maximum atomic E-state index is 13.0. The van der Waals surface area contributed by atoms with Crippen molar-refractivity contribution >= 4 is 27.6 Å². The molecule has 0 spiro atoms. The molecular weight excluding hydrogens is 364 g/mol. The van der Waals surface area contributed by atoms with E-state index in [1.54, 1.807) is 7.05 Å². The van der Waals surface area contributed by atoms with Crippen LogP contribution in [0.25, 0.3) is 32.8 Å². The summed E-state index contributed by atoms with van der Waals surface area (Å²) in [5.41, 5.74) is 6.41. The Kier molecular flexibility index (Phi) is 3.81. The van der Waals surface area contributed by atoms with Crippen LogP contribution in [0.3, 0.4) is 0 Å². The van der Waals surface area contributed by atoms with E-state index in [9.17, 15) is 14.7 Å². The molecule has 29 heavy (non-hydrogen) atoms. The molecule has 0 fully saturated rings. The summed E-state index contributed by atoms with van der Waals surface area (Å²) in [6.45, 7) is 1.95. The van der Waals surface area contributed by atoms with Crippen molar-refractivity contribution in [1.29, 1.82) is 0 Å². The summed E-state index contributed by atoms with van der Waals surface area (Å²) in [6, 6.07) is 12.0. The fourth-order valence-electron chi connectivity index (χ4n) is 4.63. The quantitative estimate of drug-likeness (QED) is 0.583. The summed E-state index contributed by atoms with van der Waals surface area (Å²) in [6.07, 6.45) is 3.58. The van der Waals surface area contributed by atoms with E-state index in [-0.39, 0.29) is 12.0 Å². The molecule has 0 unspecified atom stereocenters. The second-order valence-electron chi connectivity index (χ2n) is 7.77. The van der Waals surface area contributed by atoms with Gasteiger partial charge in [-0.15, -0.1) is 0 Å². The third kappa shape index (κ3) is 2.58. The molecule has 0 saturated heterocycles. The third-order valence-electron chi connectivity index (χ3n) is 5.99. The Bertz CT molecular complexity index is 1390. The summed E-state index contributed by atoms with van der Waals surface area (Å²) in [5.74, 6) is -0.966. The topological polar surface area (TPSA) is 72.2 Å². The second-order valence-corrected chi connectivity index (χ2v) is 7.77. The molecular formula is C24H20N2O3. The number of hydrogen-bond donors (Lipinski definition) is 1. The zero-order chi connectivity index (χ0) is 20.3. The lowest BCUT2D eigenvalue weighted by molar-refractivity contribution is -0.136. The standard InChI is InChI=1S/C24H20N2O3/c1-13-3-7-16-18(11-13)24(29)26(2)19(12-20(27)28)22(16)17-8-6-14-4-5-15-9-10-25-23(17)21(14)15/h3,6-11H,4-5,12H2,1-2H3,(H,27,28). The van der Waals surface area contributed by atoms with Crippen molar-refractivity contribution in [1.82, 2.24) is 9.55 Å². The van der Waals surface area contributed by atoms with Crippen LogP contribution in [0.2, 0.25) is 0 Å². The number of carboxylic acid groups (broad SMARTS) is 1. The van der Waals surface area contributed by atoms with Gasteiger partial charge < -0.3 is 9.67 Å². The molecule has 2 heterocycles. The summed E-state index contributed by atoms with van der Waals surface area (Å²) in [5, 5.41) is 12.1. The molecule has 5 heteroatoms. The number of pyridine rings is 2. The van der Waals surface area contributed by atoms with Crippen molar-refractivity contribution < 1.29 is 9.90 Å². The molecule has 0 atom stereocenters. The van der Waals surface area contributed by atoms with Crippen LogP contribution in [-0.2, 0) is 31.1 Å². The molecule has 1 aliphatic rings. The monoisotopic (exact) mass is 384 g/mol. The first kappa shape index (κ1) is 17.6. The predicted octanol–water partition coefficient (Wildman–Crippen LogP) is 3.79. The van der Waals surface area contributed by atoms with Crippen LogP contribution >= 0.6 is 0 Å². The van der Waals surface area contributed by atoms with Crippen LogP contribution in [0.4, 0.5) is 0 Å². The molecule has 0 bridgehead atoms. The molecule has 0 saturated carbocycles. The molecule has 2 aromatic heterocycles. The van der Waals surface area contributed by atoms with Crippen LogP contribution in [0.1, 0.15) is 22.4 Å². The second kappa shape index (κ2) is 6.27. The fourth-order valence-corrected chi connectivity index (χ4v) is 4.63. The molecule has 2 aromatic carbocycles. The summed E-state index contributed by atoms with van der Waals surface area (Å²) < 4.78 is 1.48. The first-order chi connectivity index (χ1) is 14.0. The Hall–Kier alpha value is -3.47. The Morgan fingerprint density at radius 2 is 1.86 bits per heavy atom. The van der Waals surface area contributed by atoms with Gasteiger partial charge in [-0.25, -0.2) is 0 Å². The van der Waals surface area contributed by atoms with Crippen LogP contribution in [0.5, 0.6) is 0 Å². The molecule has 0 amide bonds. The van der Waals surface area contributed by atoms with Crippen LogP contribution in [-0.4, -0.2) is 20.6 Å². The SMILES string of the molecule is Cc1ccc2c(-c3ccc4c5c(ccnc35)CC4)c(CC(=O)O)n(C)c(=O)c2c1. The number of benzene rings is 2. The Morgan fingerprint density at radius 3 is 2.62 bits per heavy atom. The minimum absolute atomic E-state index is 0.178. The van der Waals surface area contributed by atoms with E-state index in [1.807, 2.05) is 37.4 Å². The highest BCUT2D eigenvalue weighted by molar-refractivity contribution is 6.07. The van der Waals surface area contributed by atoms with E-state index in [2.05, 4.69) is 17.1 Å². The van der Waals surface area contributed by atoms with Gasteiger partial charge in [0, 0.05) is 40.8 Å². The van der Waals surface area contributed by atoms with Gasteiger partial charge in [-0.1, -0.05) is 29.8 Å². The van der Waals surface area contributed by atoms with Gasteiger partial charge in [-0.2, -0.15) is 0 Å². The lowest BCUT2D eigenvalue weighted by Crippen LogP contribution is -2.24. The first-order valence-electron chi connectivity index (χ1n) is 9.69. The van der Waals surface area contributed by atoms with Gasteiger partial charge in [0.1, 0.15) is 0 Å². The van der Waals surface area contributed by atoms with E-state index < -0.39 is 5.97 Å². The predicted molar refractivity (Wildman–Crippen MR) is 113 cm³/mol. The number of carboxylic acids is 1. The highest BCUT2D eigenvalue weighted by Gasteiger charge is 2.23. The zero-order valence-corrected chi connectivity index (χ0v) is 16.3. The van der Waals surface area contributed by atoms with Crippen LogP contribution in [0.15, 0.2) is 47.4 Å². The van der Waals surface area contributed by atoms with Gasteiger partial charge in [-0.05, 0) is 48.4 Å². The highest BCUT2D eigenvalue weighted by atomic mass is 16.4. The number of nitrogens with zero attached hydrogens (tertiary/aromatic N) is 2. The Morgan fingerprint density at radius 1 is 1.10 bits per heavy atom. The fraction of sp³-hybridized carbons (Fsp3) is 0.208. The van der Waals surface area contributed by atoms with Crippen molar-refractivity contribution in [2.75, 3.05) is 0 Å². The molecule has 0 aliphatic heterocycles. The maximum absolute atomic E-state index is 13.0. The molecule has 5 nitrogen and oxygen atoms in total. The minimum Gasteiger partial charge on any atom is -0.481 e. The van der Waals surface area contributed by atoms with E-state index in [1.165, 1.54) is 21.1 Å². The Labute approximate surface area is 167 Å². The van der Waals surface area contributed by atoms with E-state index in [0.29, 0.717) is 11.1 Å². The van der Waals surface area contributed by atoms with Crippen LogP contribution in [0, 0.1) is 6.92 Å². The summed E-state index contributed by atoms with van der Waals surface area (Å²) in [7, 11) is 1.65. The van der Waals surface area contributed by atoms with Gasteiger partial charge in [0.15, 0.2) is 0 Å². The molecule has 1 N–H and O–H groups in total. The largest absolute Gasteiger partial charge is 0.481 e. The zero-order valence-electron chi connectivity index (χ0n) is 16.3. The number of rotatable bonds is 3. The molecule has 144 valence electrons. The van der Waals surface area contributed by atoms with Crippen LogP contribution < -0.4 is 5.56 Å². The lowest BCUT2D eigenvalue weighted by atomic mass is 9.92. The van der Waals surface area contributed by atoms with Gasteiger partial charge in [0.05, 0.1) is 11.9 Å². The van der Waals surface area contributed by atoms with Crippen molar-refractivity contribution in [2.45, 2.75) is 26.2 Å². The summed E-state index contributed by atoms with van der Waals surface area (Å²) in [4.78, 5) is 29.3. The minimum atomic E-state index is -0.966. The van der Waals surface area contributed by atoms with Gasteiger partial charge in [0.25, 0.3) is 5.56 Å². The van der Waals surface area contributed by atoms with Crippen molar-refractivity contribution in [2.24, 2.45) is 7.05 Å². The first-order valence-corrected chi connectivity index (χ1v) is 9.69. The normalized spacial score (nSPS) is 12.8. The number of hydrogen-bond acceptors (Lipinski definition) is 3. The maximum Gasteiger partial charge on any atom is 0.309 e. The number of carbonyl (C=O) groups is 1. The number of aromatic nitrogens is 2. The molecule has 4 aromatic rings. The summed E-state index contributed by atoms with van der Waals surface area (Å²) >= 11 is 0. The number of fused-ring (bicyclic) bond motifs is 1. The van der Waals surface area contributed by atoms with Gasteiger partial charge >= 0.3 is 5.97 Å². The third-order valence-corrected chi connectivity index (χ3v) is 5.99. The number of aliphatic carboxylic acids is 1. The smallest absolute Gasteiger partial charge is 0.309 e. The average Bonchev–Trinajstić information content (AvgIpc) is 3.12. The van der Waals surface area contributed by atoms with Crippen molar-refractivity contribution in [3.63, 3.8) is 0 Å². The van der Waals surface area contributed by atoms with Crippen molar-refractivity contribution in [3.8, 4) is 11.1 Å². The van der Waals surface area contributed by atoms with E-state index >= 15 is 0 Å². The molecule has 0 radical (unpaired) electrons. The highest BCUT2D eigenvalue weighted by Crippen LogP contribution is 2.39. The number of aryl methyl sites for hydroxylation is 3.